The molecular formula is C25H33N3O3. The molecule has 1 amide bonds. The highest BCUT2D eigenvalue weighted by atomic mass is 16.5. The molecule has 1 heterocycles. The molecule has 0 saturated carbocycles. The van der Waals surface area contributed by atoms with Gasteiger partial charge in [0.05, 0.1) is 24.7 Å². The average molecular weight is 424 g/mol. The highest BCUT2D eigenvalue weighted by Crippen LogP contribution is 2.26. The van der Waals surface area contributed by atoms with Crippen LogP contribution in [-0.2, 0) is 17.8 Å². The van der Waals surface area contributed by atoms with Crippen LogP contribution in [0.1, 0.15) is 38.9 Å². The Kier molecular flexibility index (Phi) is 8.33. The fourth-order valence-corrected chi connectivity index (χ4v) is 3.55. The van der Waals surface area contributed by atoms with Crippen LogP contribution in [0.15, 0.2) is 48.5 Å². The number of aromatic nitrogens is 2. The molecule has 3 rings (SSSR count). The molecule has 31 heavy (non-hydrogen) atoms. The Morgan fingerprint density at radius 1 is 1.03 bits per heavy atom. The molecule has 0 unspecified atom stereocenters. The number of carbonyl (C=O) groups excluding carboxylic acids is 1. The van der Waals surface area contributed by atoms with Crippen LogP contribution in [0.3, 0.4) is 0 Å². The van der Waals surface area contributed by atoms with Crippen molar-refractivity contribution >= 4 is 16.9 Å². The van der Waals surface area contributed by atoms with Crippen molar-refractivity contribution in [1.82, 2.24) is 14.9 Å². The average Bonchev–Trinajstić information content (AvgIpc) is 3.13. The Hall–Kier alpha value is -3.02. The summed E-state index contributed by atoms with van der Waals surface area (Å²) in [5.74, 6) is 2.73. The fourth-order valence-electron chi connectivity index (χ4n) is 3.55. The fraction of sp³-hybridized carbons (Fsp3) is 0.440. The van der Waals surface area contributed by atoms with Crippen LogP contribution in [0.2, 0.25) is 0 Å². The number of ether oxygens (including phenoxy) is 2. The van der Waals surface area contributed by atoms with Gasteiger partial charge in [-0.2, -0.15) is 0 Å². The summed E-state index contributed by atoms with van der Waals surface area (Å²) in [4.78, 5) is 16.5. The Morgan fingerprint density at radius 3 is 2.55 bits per heavy atom. The number of hydrogen-bond acceptors (Lipinski definition) is 4. The van der Waals surface area contributed by atoms with E-state index >= 15 is 0 Å². The molecule has 0 aliphatic heterocycles. The Morgan fingerprint density at radius 2 is 1.77 bits per heavy atom. The molecule has 0 saturated heterocycles. The Balaban J connectivity index is 1.56. The maximum atomic E-state index is 11.6. The molecule has 6 heteroatoms. The third-order valence-corrected chi connectivity index (χ3v) is 5.28. The molecule has 0 atom stereocenters. The number of imidazole rings is 1. The number of carbonyl (C=O) groups is 1. The predicted molar refractivity (Wildman–Crippen MR) is 124 cm³/mol. The van der Waals surface area contributed by atoms with Crippen molar-refractivity contribution in [3.63, 3.8) is 0 Å². The standard InChI is InChI=1S/C25H33N3O3/c1-19(2)25(29)26-16-10-4-5-15-24-27-20-11-6-7-12-21(20)28(24)17-18-31-23-14-9-8-13-22(23)30-3/h6-9,11-14,19H,4-5,10,15-18H2,1-3H3,(H,26,29). The summed E-state index contributed by atoms with van der Waals surface area (Å²) in [6, 6.07) is 15.9. The molecule has 0 aliphatic carbocycles. The SMILES string of the molecule is COc1ccccc1OCCn1c(CCCCCNC(=O)C(C)C)nc2ccccc21. The molecule has 2 aromatic carbocycles. The molecule has 1 aromatic heterocycles. The zero-order chi connectivity index (χ0) is 22.1. The maximum absolute atomic E-state index is 11.6. The molecule has 166 valence electrons. The number of para-hydroxylation sites is 4. The Labute approximate surface area is 184 Å². The highest BCUT2D eigenvalue weighted by molar-refractivity contribution is 5.77. The van der Waals surface area contributed by atoms with Crippen molar-refractivity contribution in [2.24, 2.45) is 5.92 Å². The second-order valence-electron chi connectivity index (χ2n) is 7.92. The van der Waals surface area contributed by atoms with E-state index in [1.54, 1.807) is 7.11 Å². The van der Waals surface area contributed by atoms with Crippen LogP contribution >= 0.6 is 0 Å². The predicted octanol–water partition coefficient (Wildman–Crippen LogP) is 4.61. The number of nitrogens with zero attached hydrogens (tertiary/aromatic N) is 2. The van der Waals surface area contributed by atoms with Gasteiger partial charge in [-0.05, 0) is 37.1 Å². The number of nitrogens with one attached hydrogen (secondary N) is 1. The van der Waals surface area contributed by atoms with Gasteiger partial charge in [0.1, 0.15) is 12.4 Å². The molecule has 0 bridgehead atoms. The van der Waals surface area contributed by atoms with E-state index in [1.165, 1.54) is 0 Å². The van der Waals surface area contributed by atoms with Crippen LogP contribution < -0.4 is 14.8 Å². The molecule has 0 fully saturated rings. The van der Waals surface area contributed by atoms with Gasteiger partial charge in [-0.1, -0.05) is 44.5 Å². The van der Waals surface area contributed by atoms with Crippen LogP contribution in [0, 0.1) is 5.92 Å². The van der Waals surface area contributed by atoms with Crippen molar-refractivity contribution in [2.75, 3.05) is 20.3 Å². The second-order valence-corrected chi connectivity index (χ2v) is 7.92. The van der Waals surface area contributed by atoms with Crippen molar-refractivity contribution in [3.05, 3.63) is 54.4 Å². The van der Waals surface area contributed by atoms with E-state index in [-0.39, 0.29) is 11.8 Å². The number of rotatable bonds is 12. The third kappa shape index (κ3) is 6.23. The minimum atomic E-state index is 0.0398. The lowest BCUT2D eigenvalue weighted by Crippen LogP contribution is -2.28. The van der Waals surface area contributed by atoms with Gasteiger partial charge in [0.15, 0.2) is 11.5 Å². The molecule has 6 nitrogen and oxygen atoms in total. The number of amides is 1. The van der Waals surface area contributed by atoms with E-state index in [4.69, 9.17) is 14.5 Å². The third-order valence-electron chi connectivity index (χ3n) is 5.28. The summed E-state index contributed by atoms with van der Waals surface area (Å²) in [5.41, 5.74) is 2.14. The summed E-state index contributed by atoms with van der Waals surface area (Å²) < 4.78 is 13.6. The minimum absolute atomic E-state index is 0.0398. The van der Waals surface area contributed by atoms with Crippen LogP contribution in [0.4, 0.5) is 0 Å². The lowest BCUT2D eigenvalue weighted by Gasteiger charge is -2.13. The van der Waals surface area contributed by atoms with Gasteiger partial charge in [-0.3, -0.25) is 4.79 Å². The van der Waals surface area contributed by atoms with E-state index in [2.05, 4.69) is 22.0 Å². The molecule has 0 spiro atoms. The van der Waals surface area contributed by atoms with Crippen LogP contribution in [0.5, 0.6) is 11.5 Å². The number of fused-ring (bicyclic) bond motifs is 1. The van der Waals surface area contributed by atoms with E-state index in [9.17, 15) is 4.79 Å². The highest BCUT2D eigenvalue weighted by Gasteiger charge is 2.11. The zero-order valence-corrected chi connectivity index (χ0v) is 18.8. The summed E-state index contributed by atoms with van der Waals surface area (Å²) >= 11 is 0. The minimum Gasteiger partial charge on any atom is -0.493 e. The molecule has 1 N–H and O–H groups in total. The Bertz CT molecular complexity index is 981. The molecule has 3 aromatic rings. The van der Waals surface area contributed by atoms with Crippen molar-refractivity contribution in [3.8, 4) is 11.5 Å². The quantitative estimate of drug-likeness (QED) is 0.432. The van der Waals surface area contributed by atoms with E-state index in [0.717, 1.165) is 67.1 Å². The second kappa shape index (κ2) is 11.4. The first-order valence-electron chi connectivity index (χ1n) is 11.1. The first-order valence-corrected chi connectivity index (χ1v) is 11.1. The van der Waals surface area contributed by atoms with Gasteiger partial charge >= 0.3 is 0 Å². The maximum Gasteiger partial charge on any atom is 0.222 e. The van der Waals surface area contributed by atoms with Gasteiger partial charge in [0, 0.05) is 18.9 Å². The van der Waals surface area contributed by atoms with Gasteiger partial charge in [-0.15, -0.1) is 0 Å². The summed E-state index contributed by atoms with van der Waals surface area (Å²) in [6.07, 6.45) is 3.98. The van der Waals surface area contributed by atoms with Crippen LogP contribution in [-0.4, -0.2) is 35.7 Å². The number of aryl methyl sites for hydroxylation is 1. The molecule has 0 radical (unpaired) electrons. The van der Waals surface area contributed by atoms with Crippen molar-refractivity contribution in [1.29, 1.82) is 0 Å². The number of unbranched alkanes of at least 4 members (excludes halogenated alkanes) is 2. The van der Waals surface area contributed by atoms with E-state index in [1.807, 2.05) is 50.2 Å². The smallest absolute Gasteiger partial charge is 0.222 e. The van der Waals surface area contributed by atoms with Gasteiger partial charge < -0.3 is 19.4 Å². The lowest BCUT2D eigenvalue weighted by atomic mass is 10.1. The van der Waals surface area contributed by atoms with E-state index < -0.39 is 0 Å². The van der Waals surface area contributed by atoms with Gasteiger partial charge in [0.2, 0.25) is 5.91 Å². The van der Waals surface area contributed by atoms with Gasteiger partial charge in [0.25, 0.3) is 0 Å². The molecule has 0 aliphatic rings. The summed E-state index contributed by atoms with van der Waals surface area (Å²) in [7, 11) is 1.65. The van der Waals surface area contributed by atoms with Crippen LogP contribution in [0.25, 0.3) is 11.0 Å². The van der Waals surface area contributed by atoms with Gasteiger partial charge in [-0.25, -0.2) is 4.98 Å². The lowest BCUT2D eigenvalue weighted by molar-refractivity contribution is -0.123. The number of hydrogen-bond donors (Lipinski definition) is 1. The monoisotopic (exact) mass is 423 g/mol. The normalized spacial score (nSPS) is 11.1. The summed E-state index contributed by atoms with van der Waals surface area (Å²) in [5, 5.41) is 2.98. The zero-order valence-electron chi connectivity index (χ0n) is 18.8. The number of benzene rings is 2. The summed E-state index contributed by atoms with van der Waals surface area (Å²) in [6.45, 7) is 5.82. The number of methoxy groups -OCH3 is 1. The van der Waals surface area contributed by atoms with E-state index in [0.29, 0.717) is 6.61 Å². The topological polar surface area (TPSA) is 65.4 Å². The van der Waals surface area contributed by atoms with Crippen molar-refractivity contribution < 1.29 is 14.3 Å². The first-order chi connectivity index (χ1) is 15.1. The molecular weight excluding hydrogens is 390 g/mol. The van der Waals surface area contributed by atoms with Crippen molar-refractivity contribution in [2.45, 2.75) is 46.1 Å². The first kappa shape index (κ1) is 22.7. The largest absolute Gasteiger partial charge is 0.493 e.